The molecule has 7 heteroatoms. The molecule has 0 spiro atoms. The molecule has 25 heavy (non-hydrogen) atoms. The van der Waals surface area contributed by atoms with Gasteiger partial charge in [0.1, 0.15) is 11.3 Å². The first-order valence-corrected chi connectivity index (χ1v) is 8.08. The standard InChI is InChI=1S/C18H19FN4OS/c1-4-13(19)8-7-12(2)11-21-16(24)10-14-18(25)17-15(23(3)22-14)6-5-9-20-17/h4-9H,2,10-11H2,1,3H3,(H,21,24). The van der Waals surface area contributed by atoms with Crippen molar-refractivity contribution in [3.8, 4) is 0 Å². The van der Waals surface area contributed by atoms with E-state index in [1.807, 2.05) is 6.07 Å². The summed E-state index contributed by atoms with van der Waals surface area (Å²) in [7, 11) is 1.78. The zero-order valence-electron chi connectivity index (χ0n) is 14.1. The molecule has 0 fully saturated rings. The van der Waals surface area contributed by atoms with Crippen LogP contribution in [0.3, 0.4) is 0 Å². The third-order valence-electron chi connectivity index (χ3n) is 3.48. The largest absolute Gasteiger partial charge is 0.352 e. The molecule has 2 aromatic rings. The van der Waals surface area contributed by atoms with E-state index in [0.717, 1.165) is 5.52 Å². The Bertz CT molecular complexity index is 930. The van der Waals surface area contributed by atoms with Gasteiger partial charge in [0, 0.05) is 19.8 Å². The van der Waals surface area contributed by atoms with Gasteiger partial charge in [0.2, 0.25) is 5.91 Å². The molecule has 2 aromatic heterocycles. The van der Waals surface area contributed by atoms with Gasteiger partial charge in [-0.05, 0) is 30.7 Å². The maximum absolute atomic E-state index is 13.0. The summed E-state index contributed by atoms with van der Waals surface area (Å²) in [4.78, 5) is 16.4. The highest BCUT2D eigenvalue weighted by molar-refractivity contribution is 7.71. The second-order valence-electron chi connectivity index (χ2n) is 5.39. The summed E-state index contributed by atoms with van der Waals surface area (Å²) in [6, 6.07) is 3.68. The minimum absolute atomic E-state index is 0.0411. The van der Waals surface area contributed by atoms with Crippen LogP contribution >= 0.6 is 12.2 Å². The Morgan fingerprint density at radius 1 is 1.48 bits per heavy atom. The van der Waals surface area contributed by atoms with Gasteiger partial charge in [0.05, 0.1) is 22.1 Å². The van der Waals surface area contributed by atoms with Crippen molar-refractivity contribution in [2.45, 2.75) is 13.3 Å². The van der Waals surface area contributed by atoms with E-state index in [9.17, 15) is 9.18 Å². The lowest BCUT2D eigenvalue weighted by Gasteiger charge is -2.09. The lowest BCUT2D eigenvalue weighted by Crippen LogP contribution is -2.27. The van der Waals surface area contributed by atoms with Crippen LogP contribution in [0.25, 0.3) is 11.0 Å². The highest BCUT2D eigenvalue weighted by Crippen LogP contribution is 2.14. The maximum atomic E-state index is 13.0. The number of nitrogens with zero attached hydrogens (tertiary/aromatic N) is 3. The number of carbonyl (C=O) groups excluding carboxylic acids is 1. The van der Waals surface area contributed by atoms with Gasteiger partial charge in [0.15, 0.2) is 0 Å². The highest BCUT2D eigenvalue weighted by atomic mass is 32.1. The summed E-state index contributed by atoms with van der Waals surface area (Å²) >= 11 is 5.40. The van der Waals surface area contributed by atoms with E-state index in [2.05, 4.69) is 22.0 Å². The number of halogens is 1. The smallest absolute Gasteiger partial charge is 0.226 e. The molecule has 0 saturated carbocycles. The van der Waals surface area contributed by atoms with Crippen molar-refractivity contribution < 1.29 is 9.18 Å². The van der Waals surface area contributed by atoms with Crippen molar-refractivity contribution in [2.75, 3.05) is 6.54 Å². The fourth-order valence-corrected chi connectivity index (χ4v) is 2.42. The van der Waals surface area contributed by atoms with Crippen LogP contribution in [0.5, 0.6) is 0 Å². The Morgan fingerprint density at radius 2 is 2.24 bits per heavy atom. The molecule has 0 aliphatic heterocycles. The zero-order valence-corrected chi connectivity index (χ0v) is 14.9. The number of carbonyl (C=O) groups is 1. The van der Waals surface area contributed by atoms with Crippen molar-refractivity contribution >= 4 is 29.2 Å². The average Bonchev–Trinajstić information content (AvgIpc) is 2.62. The first kappa shape index (κ1) is 18.7. The van der Waals surface area contributed by atoms with E-state index < -0.39 is 0 Å². The first-order chi connectivity index (χ1) is 11.9. The lowest BCUT2D eigenvalue weighted by atomic mass is 10.2. The number of fused-ring (bicyclic) bond motifs is 1. The second-order valence-corrected chi connectivity index (χ2v) is 5.80. The summed E-state index contributed by atoms with van der Waals surface area (Å²) in [6.07, 6.45) is 5.85. The number of rotatable bonds is 6. The molecule has 2 rings (SSSR count). The molecule has 1 N–H and O–H groups in total. The third kappa shape index (κ3) is 4.90. The summed E-state index contributed by atoms with van der Waals surface area (Å²) in [5, 5.41) is 7.08. The summed E-state index contributed by atoms with van der Waals surface area (Å²) in [5.74, 6) is -0.599. The van der Waals surface area contributed by atoms with Gasteiger partial charge in [-0.25, -0.2) is 4.39 Å². The number of nitrogens with one attached hydrogen (secondary N) is 1. The van der Waals surface area contributed by atoms with Crippen molar-refractivity contribution in [1.29, 1.82) is 0 Å². The molecule has 0 aromatic carbocycles. The van der Waals surface area contributed by atoms with E-state index in [0.29, 0.717) is 21.3 Å². The SMILES string of the molecule is C=C(C=CC(F)=CC)CNC(=O)Cc1nn(C)c2cccnc2c1=S. The van der Waals surface area contributed by atoms with Gasteiger partial charge in [-0.2, -0.15) is 5.10 Å². The van der Waals surface area contributed by atoms with Crippen LogP contribution in [-0.4, -0.2) is 27.2 Å². The van der Waals surface area contributed by atoms with Crippen molar-refractivity contribution in [3.63, 3.8) is 0 Å². The van der Waals surface area contributed by atoms with Crippen LogP contribution in [0.15, 0.2) is 54.5 Å². The first-order valence-electron chi connectivity index (χ1n) is 7.67. The van der Waals surface area contributed by atoms with Crippen LogP contribution in [0.2, 0.25) is 0 Å². The number of aromatic nitrogens is 3. The highest BCUT2D eigenvalue weighted by Gasteiger charge is 2.11. The van der Waals surface area contributed by atoms with Gasteiger partial charge in [-0.1, -0.05) is 30.9 Å². The minimum Gasteiger partial charge on any atom is -0.352 e. The molecule has 130 valence electrons. The lowest BCUT2D eigenvalue weighted by molar-refractivity contribution is -0.120. The molecule has 1 amide bonds. The number of aryl methyl sites for hydroxylation is 1. The Morgan fingerprint density at radius 3 is 2.96 bits per heavy atom. The number of allylic oxidation sites excluding steroid dienone is 3. The number of hydrogen-bond donors (Lipinski definition) is 1. The molecule has 0 unspecified atom stereocenters. The second kappa shape index (κ2) is 8.43. The third-order valence-corrected chi connectivity index (χ3v) is 3.91. The van der Waals surface area contributed by atoms with Crippen molar-refractivity contribution in [1.82, 2.24) is 20.1 Å². The van der Waals surface area contributed by atoms with Crippen LogP contribution in [0, 0.1) is 4.51 Å². The Kier molecular flexibility index (Phi) is 6.30. The normalized spacial score (nSPS) is 11.9. The van der Waals surface area contributed by atoms with E-state index in [-0.39, 0.29) is 24.7 Å². The van der Waals surface area contributed by atoms with Crippen LogP contribution < -0.4 is 5.32 Å². The van der Waals surface area contributed by atoms with Crippen LogP contribution in [-0.2, 0) is 18.3 Å². The molecule has 0 radical (unpaired) electrons. The molecular weight excluding hydrogens is 339 g/mol. The monoisotopic (exact) mass is 358 g/mol. The van der Waals surface area contributed by atoms with E-state index in [4.69, 9.17) is 12.2 Å². The number of pyridine rings is 1. The van der Waals surface area contributed by atoms with Gasteiger partial charge in [0.25, 0.3) is 0 Å². The Labute approximate surface area is 150 Å². The molecule has 5 nitrogen and oxygen atoms in total. The molecule has 2 heterocycles. The van der Waals surface area contributed by atoms with Crippen LogP contribution in [0.1, 0.15) is 12.6 Å². The van der Waals surface area contributed by atoms with E-state index in [1.54, 1.807) is 30.9 Å². The number of hydrogen-bond acceptors (Lipinski definition) is 4. The van der Waals surface area contributed by atoms with Crippen molar-refractivity contribution in [3.05, 3.63) is 64.7 Å². The van der Waals surface area contributed by atoms with E-state index >= 15 is 0 Å². The van der Waals surface area contributed by atoms with E-state index in [1.165, 1.54) is 18.2 Å². The van der Waals surface area contributed by atoms with Crippen LogP contribution in [0.4, 0.5) is 4.39 Å². The summed E-state index contributed by atoms with van der Waals surface area (Å²) in [5.41, 5.74) is 2.53. The fraction of sp³-hybridized carbons (Fsp3) is 0.222. The summed E-state index contributed by atoms with van der Waals surface area (Å²) in [6.45, 7) is 5.59. The Hall–Kier alpha value is -2.67. The topological polar surface area (TPSA) is 59.8 Å². The predicted octanol–water partition coefficient (Wildman–Crippen LogP) is 3.34. The quantitative estimate of drug-likeness (QED) is 0.635. The predicted molar refractivity (Wildman–Crippen MR) is 99.2 cm³/mol. The molecule has 0 aliphatic carbocycles. The Balaban J connectivity index is 2.05. The van der Waals surface area contributed by atoms with Gasteiger partial charge >= 0.3 is 0 Å². The number of amides is 1. The zero-order chi connectivity index (χ0) is 18.4. The molecule has 0 saturated heterocycles. The molecule has 0 aliphatic rings. The molecular formula is C18H19FN4OS. The van der Waals surface area contributed by atoms with Crippen molar-refractivity contribution in [2.24, 2.45) is 7.05 Å². The fourth-order valence-electron chi connectivity index (χ4n) is 2.14. The average molecular weight is 358 g/mol. The van der Waals surface area contributed by atoms with Gasteiger partial charge in [-0.15, -0.1) is 0 Å². The minimum atomic E-state index is -0.358. The molecule has 0 bridgehead atoms. The maximum Gasteiger partial charge on any atom is 0.226 e. The molecule has 0 atom stereocenters. The summed E-state index contributed by atoms with van der Waals surface area (Å²) < 4.78 is 15.1. The van der Waals surface area contributed by atoms with Gasteiger partial charge < -0.3 is 5.32 Å². The van der Waals surface area contributed by atoms with Gasteiger partial charge in [-0.3, -0.25) is 14.5 Å².